The molecule has 0 bridgehead atoms. The average Bonchev–Trinajstić information content (AvgIpc) is 2.48. The summed E-state index contributed by atoms with van der Waals surface area (Å²) < 4.78 is 0. The molecule has 1 nitrogen and oxygen atoms in total. The first-order valence-electron chi connectivity index (χ1n) is 3.93. The Morgan fingerprint density at radius 1 is 1.30 bits per heavy atom. The summed E-state index contributed by atoms with van der Waals surface area (Å²) in [4.78, 5) is 0. The minimum absolute atomic E-state index is 0.935. The van der Waals surface area contributed by atoms with E-state index in [-0.39, 0.29) is 0 Å². The highest BCUT2D eigenvalue weighted by Gasteiger charge is 2.06. The fourth-order valence-corrected chi connectivity index (χ4v) is 0.799. The molecule has 0 aromatic carbocycles. The highest BCUT2D eigenvalue weighted by atomic mass is 14.9. The van der Waals surface area contributed by atoms with Gasteiger partial charge >= 0.3 is 0 Å². The lowest BCUT2D eigenvalue weighted by Gasteiger charge is -1.90. The molecule has 0 aromatic heterocycles. The normalized spacial score (nSPS) is 21.5. The van der Waals surface area contributed by atoms with Crippen molar-refractivity contribution in [2.75, 3.05) is 13.1 Å². The molecule has 0 spiro atoms. The zero-order chi connectivity index (χ0) is 8.41. The van der Waals surface area contributed by atoms with Crippen LogP contribution in [0.2, 0.25) is 0 Å². The summed E-state index contributed by atoms with van der Waals surface area (Å²) >= 11 is 0. The molecule has 0 aliphatic carbocycles. The van der Waals surface area contributed by atoms with Crippen molar-refractivity contribution in [3.05, 3.63) is 0 Å². The number of hydrogen-bond acceptors (Lipinski definition) is 1. The smallest absolute Gasteiger partial charge is 0.00227 e. The number of rotatable bonds is 0. The van der Waals surface area contributed by atoms with Gasteiger partial charge in [0.15, 0.2) is 0 Å². The Morgan fingerprint density at radius 2 is 1.80 bits per heavy atom. The van der Waals surface area contributed by atoms with E-state index in [1.165, 1.54) is 19.5 Å². The first-order valence-corrected chi connectivity index (χ1v) is 3.93. The maximum atomic E-state index is 4.00. The van der Waals surface area contributed by atoms with Crippen LogP contribution in [0.1, 0.15) is 27.2 Å². The van der Waals surface area contributed by atoms with Crippen LogP contribution in [0.3, 0.4) is 0 Å². The molecule has 0 radical (unpaired) electrons. The Hall–Kier alpha value is -0.480. The molecule has 1 heterocycles. The van der Waals surface area contributed by atoms with Crippen LogP contribution in [-0.4, -0.2) is 13.1 Å². The van der Waals surface area contributed by atoms with E-state index >= 15 is 0 Å². The van der Waals surface area contributed by atoms with Crippen molar-refractivity contribution in [3.8, 4) is 12.8 Å². The van der Waals surface area contributed by atoms with Gasteiger partial charge in [-0.1, -0.05) is 20.8 Å². The lowest BCUT2D eigenvalue weighted by Crippen LogP contribution is -2.06. The largest absolute Gasteiger partial charge is 0.316 e. The van der Waals surface area contributed by atoms with E-state index in [4.69, 9.17) is 0 Å². The van der Waals surface area contributed by atoms with Gasteiger partial charge in [0.25, 0.3) is 0 Å². The van der Waals surface area contributed by atoms with E-state index in [1.807, 2.05) is 13.8 Å². The Balaban J connectivity index is 0. The standard InChI is InChI=1S/C5H11N.C2H6.C2H2/c1-5-2-3-6-4-5;2*1-2/h5-6H,2-4H2,1H3;1-2H3;1-2H. The van der Waals surface area contributed by atoms with Gasteiger partial charge in [-0.15, -0.1) is 12.8 Å². The number of hydrogen-bond donors (Lipinski definition) is 1. The molecular weight excluding hydrogens is 122 g/mol. The molecule has 0 amide bonds. The van der Waals surface area contributed by atoms with E-state index in [2.05, 4.69) is 25.1 Å². The molecule has 0 saturated carbocycles. The fraction of sp³-hybridized carbons (Fsp3) is 0.778. The molecule has 60 valence electrons. The summed E-state index contributed by atoms with van der Waals surface area (Å²) in [5, 5.41) is 3.27. The highest BCUT2D eigenvalue weighted by Crippen LogP contribution is 2.03. The SMILES string of the molecule is C#C.CC.CC1CCNC1. The van der Waals surface area contributed by atoms with Gasteiger partial charge in [0.05, 0.1) is 0 Å². The van der Waals surface area contributed by atoms with E-state index in [0.29, 0.717) is 0 Å². The zero-order valence-electron chi connectivity index (χ0n) is 7.35. The van der Waals surface area contributed by atoms with Crippen LogP contribution in [0.5, 0.6) is 0 Å². The second-order valence-corrected chi connectivity index (χ2v) is 2.10. The summed E-state index contributed by atoms with van der Waals surface area (Å²) in [5.74, 6) is 0.935. The molecule has 1 saturated heterocycles. The molecule has 10 heavy (non-hydrogen) atoms. The Labute approximate surface area is 65.2 Å². The molecule has 1 rings (SSSR count). The number of nitrogens with one attached hydrogen (secondary N) is 1. The second kappa shape index (κ2) is 11.3. The Bertz CT molecular complexity index is 60.4. The summed E-state index contributed by atoms with van der Waals surface area (Å²) in [7, 11) is 0. The lowest BCUT2D eigenvalue weighted by molar-refractivity contribution is 0.651. The van der Waals surface area contributed by atoms with Gasteiger partial charge in [0.2, 0.25) is 0 Å². The van der Waals surface area contributed by atoms with Crippen molar-refractivity contribution in [2.24, 2.45) is 5.92 Å². The van der Waals surface area contributed by atoms with Crippen LogP contribution < -0.4 is 5.32 Å². The summed E-state index contributed by atoms with van der Waals surface area (Å²) in [5.41, 5.74) is 0. The predicted octanol–water partition coefficient (Wildman–Crippen LogP) is 1.89. The van der Waals surface area contributed by atoms with Crippen molar-refractivity contribution in [1.82, 2.24) is 5.32 Å². The molecule has 1 aliphatic rings. The number of terminal acetylenes is 1. The van der Waals surface area contributed by atoms with Crippen molar-refractivity contribution in [2.45, 2.75) is 27.2 Å². The van der Waals surface area contributed by atoms with Crippen LogP contribution >= 0.6 is 0 Å². The monoisotopic (exact) mass is 141 g/mol. The predicted molar refractivity (Wildman–Crippen MR) is 47.9 cm³/mol. The van der Waals surface area contributed by atoms with Gasteiger partial charge in [-0.25, -0.2) is 0 Å². The van der Waals surface area contributed by atoms with Gasteiger partial charge in [-0.2, -0.15) is 0 Å². The van der Waals surface area contributed by atoms with Crippen molar-refractivity contribution in [1.29, 1.82) is 0 Å². The van der Waals surface area contributed by atoms with Gasteiger partial charge in [-0.3, -0.25) is 0 Å². The highest BCUT2D eigenvalue weighted by molar-refractivity contribution is 4.65. The summed E-state index contributed by atoms with van der Waals surface area (Å²) in [6, 6.07) is 0. The van der Waals surface area contributed by atoms with Crippen LogP contribution in [0, 0.1) is 18.8 Å². The van der Waals surface area contributed by atoms with E-state index in [0.717, 1.165) is 5.92 Å². The quantitative estimate of drug-likeness (QED) is 0.508. The summed E-state index contributed by atoms with van der Waals surface area (Å²) in [6.07, 6.45) is 9.38. The van der Waals surface area contributed by atoms with Crippen molar-refractivity contribution in [3.63, 3.8) is 0 Å². The molecule has 1 aliphatic heterocycles. The molecule has 0 aromatic rings. The van der Waals surface area contributed by atoms with Gasteiger partial charge in [-0.05, 0) is 25.4 Å². The van der Waals surface area contributed by atoms with Gasteiger partial charge in [0.1, 0.15) is 0 Å². The molecule has 1 fully saturated rings. The topological polar surface area (TPSA) is 12.0 Å². The van der Waals surface area contributed by atoms with Crippen LogP contribution in [-0.2, 0) is 0 Å². The van der Waals surface area contributed by atoms with Gasteiger partial charge in [0, 0.05) is 0 Å². The second-order valence-electron chi connectivity index (χ2n) is 2.10. The fourth-order valence-electron chi connectivity index (χ4n) is 0.799. The third-order valence-corrected chi connectivity index (χ3v) is 1.31. The Kier molecular flexibility index (Phi) is 13.9. The summed E-state index contributed by atoms with van der Waals surface area (Å²) in [6.45, 7) is 8.75. The molecule has 1 N–H and O–H groups in total. The van der Waals surface area contributed by atoms with E-state index < -0.39 is 0 Å². The van der Waals surface area contributed by atoms with Crippen LogP contribution in [0.4, 0.5) is 0 Å². The minimum atomic E-state index is 0.935. The average molecular weight is 141 g/mol. The molecule has 1 heteroatoms. The van der Waals surface area contributed by atoms with Crippen molar-refractivity contribution >= 4 is 0 Å². The van der Waals surface area contributed by atoms with E-state index in [9.17, 15) is 0 Å². The van der Waals surface area contributed by atoms with Crippen LogP contribution in [0.15, 0.2) is 0 Å². The minimum Gasteiger partial charge on any atom is -0.316 e. The third-order valence-electron chi connectivity index (χ3n) is 1.31. The maximum absolute atomic E-state index is 4.00. The molecule has 1 unspecified atom stereocenters. The lowest BCUT2D eigenvalue weighted by atomic mass is 10.2. The molecular formula is C9H19N. The molecule has 1 atom stereocenters. The van der Waals surface area contributed by atoms with E-state index in [1.54, 1.807) is 0 Å². The first-order chi connectivity index (χ1) is 4.89. The maximum Gasteiger partial charge on any atom is -0.00227 e. The van der Waals surface area contributed by atoms with Gasteiger partial charge < -0.3 is 5.32 Å². The zero-order valence-corrected chi connectivity index (χ0v) is 7.35. The first kappa shape index (κ1) is 12.2. The third kappa shape index (κ3) is 7.52. The van der Waals surface area contributed by atoms with Crippen molar-refractivity contribution < 1.29 is 0 Å². The van der Waals surface area contributed by atoms with Crippen LogP contribution in [0.25, 0.3) is 0 Å². The Morgan fingerprint density at radius 3 is 1.90 bits per heavy atom.